The lowest BCUT2D eigenvalue weighted by atomic mass is 10.5. The van der Waals surface area contributed by atoms with Crippen molar-refractivity contribution in [3.63, 3.8) is 0 Å². The summed E-state index contributed by atoms with van der Waals surface area (Å²) in [6.07, 6.45) is 0.757. The first-order valence-corrected chi connectivity index (χ1v) is 2.11. The van der Waals surface area contributed by atoms with Crippen LogP contribution in [0.5, 0.6) is 0 Å². The fourth-order valence-corrected chi connectivity index (χ4v) is 0.168. The van der Waals surface area contributed by atoms with E-state index in [-0.39, 0.29) is 18.3 Å². The maximum Gasteiger partial charge on any atom is 0.191 e. The number of Topliss-reactive ketones (excluding diaryl/α,β-unsaturated/α-hetero) is 1. The minimum absolute atomic E-state index is 0. The lowest BCUT2D eigenvalue weighted by Crippen LogP contribution is -1.98. The largest absolute Gasteiger partial charge is 0.411 e. The molecule has 0 aromatic heterocycles. The molecule has 0 saturated carbocycles. The summed E-state index contributed by atoms with van der Waals surface area (Å²) < 4.78 is 0. The van der Waals surface area contributed by atoms with Crippen molar-refractivity contribution in [3.05, 3.63) is 0 Å². The molecule has 0 aromatic carbocycles. The number of nitrogens with zero attached hydrogens (tertiary/aromatic N) is 1. The van der Waals surface area contributed by atoms with Crippen molar-refractivity contribution in [1.29, 1.82) is 0 Å². The van der Waals surface area contributed by atoms with Crippen LogP contribution in [-0.2, 0) is 4.79 Å². The predicted octanol–water partition coefficient (Wildman–Crippen LogP) is 0.676. The van der Waals surface area contributed by atoms with Gasteiger partial charge in [-0.1, -0.05) is 5.16 Å². The van der Waals surface area contributed by atoms with Crippen molar-refractivity contribution in [2.45, 2.75) is 0 Å². The number of halogens is 2. The lowest BCUT2D eigenvalue weighted by Gasteiger charge is -1.74. The van der Waals surface area contributed by atoms with Gasteiger partial charge in [0.25, 0.3) is 0 Å². The zero-order valence-corrected chi connectivity index (χ0v) is 5.45. The van der Waals surface area contributed by atoms with E-state index >= 15 is 0 Å². The second-order valence-electron chi connectivity index (χ2n) is 0.845. The standard InChI is InChI=1S/C3H4ClNO2.ClH/c4-1-3(6)2-5-7;/h2,7H,1H2;1H. The SMILES string of the molecule is Cl.O=C(C=NO)CCl. The quantitative estimate of drug-likeness (QED) is 0.278. The topological polar surface area (TPSA) is 49.7 Å². The third-order valence-electron chi connectivity index (χ3n) is 0.333. The van der Waals surface area contributed by atoms with Crippen LogP contribution in [0.25, 0.3) is 0 Å². The maximum atomic E-state index is 9.97. The van der Waals surface area contributed by atoms with Gasteiger partial charge in [-0.05, 0) is 0 Å². The molecule has 0 fully saturated rings. The summed E-state index contributed by atoms with van der Waals surface area (Å²) in [5.41, 5.74) is 0. The van der Waals surface area contributed by atoms with E-state index in [2.05, 4.69) is 5.16 Å². The fraction of sp³-hybridized carbons (Fsp3) is 0.333. The molecule has 3 nitrogen and oxygen atoms in total. The third kappa shape index (κ3) is 5.72. The Kier molecular flexibility index (Phi) is 8.95. The molecule has 0 radical (unpaired) electrons. The van der Waals surface area contributed by atoms with Crippen LogP contribution in [0.1, 0.15) is 0 Å². The first-order chi connectivity index (χ1) is 3.31. The molecule has 0 aromatic rings. The minimum Gasteiger partial charge on any atom is -0.411 e. The van der Waals surface area contributed by atoms with E-state index in [9.17, 15) is 4.79 Å². The molecule has 0 unspecified atom stereocenters. The first-order valence-electron chi connectivity index (χ1n) is 1.57. The van der Waals surface area contributed by atoms with E-state index in [1.165, 1.54) is 0 Å². The summed E-state index contributed by atoms with van der Waals surface area (Å²) in [6.45, 7) is 0. The number of rotatable bonds is 2. The van der Waals surface area contributed by atoms with E-state index < -0.39 is 5.78 Å². The second-order valence-corrected chi connectivity index (χ2v) is 1.11. The van der Waals surface area contributed by atoms with Crippen molar-refractivity contribution in [1.82, 2.24) is 0 Å². The number of alkyl halides is 1. The van der Waals surface area contributed by atoms with Gasteiger partial charge in [-0.3, -0.25) is 4.79 Å². The highest BCUT2D eigenvalue weighted by Crippen LogP contribution is 1.72. The molecule has 0 bridgehead atoms. The molecule has 5 heteroatoms. The molecule has 0 spiro atoms. The lowest BCUT2D eigenvalue weighted by molar-refractivity contribution is -0.110. The van der Waals surface area contributed by atoms with Gasteiger partial charge in [0, 0.05) is 0 Å². The van der Waals surface area contributed by atoms with Crippen LogP contribution in [0.3, 0.4) is 0 Å². The van der Waals surface area contributed by atoms with Gasteiger partial charge in [0.05, 0.1) is 5.88 Å². The Hall–Kier alpha value is -0.280. The zero-order chi connectivity index (χ0) is 5.70. The Morgan fingerprint density at radius 1 is 1.88 bits per heavy atom. The normalized spacial score (nSPS) is 8.62. The highest BCUT2D eigenvalue weighted by atomic mass is 35.5. The molecular weight excluding hydrogens is 153 g/mol. The van der Waals surface area contributed by atoms with Crippen LogP contribution >= 0.6 is 24.0 Å². The summed E-state index contributed by atoms with van der Waals surface area (Å²) in [6, 6.07) is 0. The van der Waals surface area contributed by atoms with Crippen LogP contribution in [0.2, 0.25) is 0 Å². The molecule has 48 valence electrons. The highest BCUT2D eigenvalue weighted by Gasteiger charge is 1.89. The monoisotopic (exact) mass is 157 g/mol. The minimum atomic E-state index is -0.399. The predicted molar refractivity (Wildman–Crippen MR) is 33.3 cm³/mol. The maximum absolute atomic E-state index is 9.97. The van der Waals surface area contributed by atoms with E-state index in [0.29, 0.717) is 0 Å². The summed E-state index contributed by atoms with van der Waals surface area (Å²) in [5, 5.41) is 10.1. The van der Waals surface area contributed by atoms with Crippen LogP contribution in [0, 0.1) is 0 Å². The molecule has 0 saturated heterocycles. The van der Waals surface area contributed by atoms with E-state index in [1.807, 2.05) is 0 Å². The van der Waals surface area contributed by atoms with Gasteiger partial charge in [0.1, 0.15) is 6.21 Å². The first kappa shape index (κ1) is 10.7. The molecule has 1 N–H and O–H groups in total. The van der Waals surface area contributed by atoms with Gasteiger partial charge in [0.15, 0.2) is 5.78 Å². The van der Waals surface area contributed by atoms with Gasteiger partial charge in [-0.25, -0.2) is 0 Å². The molecule has 8 heavy (non-hydrogen) atoms. The average molecular weight is 158 g/mol. The Morgan fingerprint density at radius 2 is 2.38 bits per heavy atom. The van der Waals surface area contributed by atoms with Crippen molar-refractivity contribution in [2.75, 3.05) is 5.88 Å². The van der Waals surface area contributed by atoms with Gasteiger partial charge in [0.2, 0.25) is 0 Å². The van der Waals surface area contributed by atoms with Gasteiger partial charge in [-0.15, -0.1) is 24.0 Å². The second kappa shape index (κ2) is 6.72. The van der Waals surface area contributed by atoms with Crippen LogP contribution in [-0.4, -0.2) is 23.1 Å². The van der Waals surface area contributed by atoms with Gasteiger partial charge in [-0.2, -0.15) is 0 Å². The Labute approximate surface area is 57.7 Å². The molecule has 0 amide bonds. The summed E-state index contributed by atoms with van der Waals surface area (Å²) >= 11 is 4.98. The summed E-state index contributed by atoms with van der Waals surface area (Å²) in [7, 11) is 0. The fourth-order valence-electron chi connectivity index (χ4n) is 0.0989. The van der Waals surface area contributed by atoms with E-state index in [1.54, 1.807) is 0 Å². The van der Waals surface area contributed by atoms with Crippen LogP contribution < -0.4 is 0 Å². The summed E-state index contributed by atoms with van der Waals surface area (Å²) in [4.78, 5) is 9.97. The van der Waals surface area contributed by atoms with Gasteiger partial charge < -0.3 is 5.21 Å². The highest BCUT2D eigenvalue weighted by molar-refractivity contribution is 6.41. The third-order valence-corrected chi connectivity index (χ3v) is 0.597. The number of oxime groups is 1. The van der Waals surface area contributed by atoms with Crippen molar-refractivity contribution >= 4 is 36.0 Å². The Bertz CT molecular complexity index is 93.3. The smallest absolute Gasteiger partial charge is 0.191 e. The Balaban J connectivity index is 0. The molecule has 0 rings (SSSR count). The number of ketones is 1. The Morgan fingerprint density at radius 3 is 2.50 bits per heavy atom. The van der Waals surface area contributed by atoms with Crippen molar-refractivity contribution < 1.29 is 10.0 Å². The number of hydrogen-bond donors (Lipinski definition) is 1. The van der Waals surface area contributed by atoms with Crippen LogP contribution in [0.15, 0.2) is 5.16 Å². The molecule has 0 aliphatic heterocycles. The molecule has 0 atom stereocenters. The van der Waals surface area contributed by atoms with Crippen molar-refractivity contribution in [2.24, 2.45) is 5.16 Å². The average Bonchev–Trinajstić information content (AvgIpc) is 1.68. The molecule has 0 aliphatic rings. The van der Waals surface area contributed by atoms with Crippen LogP contribution in [0.4, 0.5) is 0 Å². The van der Waals surface area contributed by atoms with Crippen molar-refractivity contribution in [3.8, 4) is 0 Å². The number of carbonyl (C=O) groups is 1. The molecule has 0 aliphatic carbocycles. The van der Waals surface area contributed by atoms with Gasteiger partial charge >= 0.3 is 0 Å². The number of carbonyl (C=O) groups excluding carboxylic acids is 1. The summed E-state index contributed by atoms with van der Waals surface area (Å²) in [5.74, 6) is -0.534. The van der Waals surface area contributed by atoms with E-state index in [0.717, 1.165) is 6.21 Å². The molecular formula is C3H5Cl2NO2. The van der Waals surface area contributed by atoms with E-state index in [4.69, 9.17) is 16.8 Å². The molecule has 0 heterocycles. The number of hydrogen-bond acceptors (Lipinski definition) is 3. The zero-order valence-electron chi connectivity index (χ0n) is 3.87.